The van der Waals surface area contributed by atoms with Crippen LogP contribution >= 0.6 is 11.3 Å². The molecule has 45 heavy (non-hydrogen) atoms. The lowest BCUT2D eigenvalue weighted by Crippen LogP contribution is -2.00. The highest BCUT2D eigenvalue weighted by Gasteiger charge is 2.16. The Morgan fingerprint density at radius 1 is 0.356 bits per heavy atom. The van der Waals surface area contributed by atoms with Crippen LogP contribution in [0.3, 0.4) is 0 Å². The molecule has 2 aromatic heterocycles. The van der Waals surface area contributed by atoms with Crippen molar-refractivity contribution in [3.8, 4) is 45.3 Å². The Labute approximate surface area is 264 Å². The largest absolute Gasteiger partial charge is 0.208 e. The minimum absolute atomic E-state index is 0.659. The summed E-state index contributed by atoms with van der Waals surface area (Å²) in [6, 6.07) is 53.2. The van der Waals surface area contributed by atoms with Gasteiger partial charge in [0.15, 0.2) is 17.5 Å². The van der Waals surface area contributed by atoms with E-state index < -0.39 is 0 Å². The molecular formula is C41H25N3S. The Kier molecular flexibility index (Phi) is 6.00. The van der Waals surface area contributed by atoms with Crippen LogP contribution in [0.4, 0.5) is 0 Å². The third-order valence-corrected chi connectivity index (χ3v) is 9.71. The van der Waals surface area contributed by atoms with E-state index in [0.29, 0.717) is 17.5 Å². The molecule has 9 aromatic rings. The van der Waals surface area contributed by atoms with E-state index in [1.54, 1.807) is 0 Å². The van der Waals surface area contributed by atoms with Crippen molar-refractivity contribution in [3.05, 3.63) is 152 Å². The molecule has 0 N–H and O–H groups in total. The van der Waals surface area contributed by atoms with Crippen molar-refractivity contribution in [2.75, 3.05) is 0 Å². The quantitative estimate of drug-likeness (QED) is 0.191. The molecule has 0 aliphatic rings. The van der Waals surface area contributed by atoms with Crippen LogP contribution in [0.15, 0.2) is 152 Å². The van der Waals surface area contributed by atoms with Crippen LogP contribution in [-0.4, -0.2) is 15.0 Å². The fourth-order valence-corrected chi connectivity index (χ4v) is 7.65. The van der Waals surface area contributed by atoms with Gasteiger partial charge in [-0.1, -0.05) is 146 Å². The van der Waals surface area contributed by atoms with E-state index in [4.69, 9.17) is 15.0 Å². The van der Waals surface area contributed by atoms with Crippen molar-refractivity contribution >= 4 is 53.1 Å². The molecule has 2 heterocycles. The van der Waals surface area contributed by atoms with E-state index in [1.807, 2.05) is 72.0 Å². The Hall–Kier alpha value is -5.71. The van der Waals surface area contributed by atoms with Gasteiger partial charge in [0.1, 0.15) is 0 Å². The topological polar surface area (TPSA) is 38.7 Å². The van der Waals surface area contributed by atoms with Crippen molar-refractivity contribution in [1.29, 1.82) is 0 Å². The van der Waals surface area contributed by atoms with Crippen LogP contribution in [0.25, 0.3) is 87.0 Å². The highest BCUT2D eigenvalue weighted by atomic mass is 32.1. The fourth-order valence-electron chi connectivity index (χ4n) is 6.35. The number of hydrogen-bond acceptors (Lipinski definition) is 4. The van der Waals surface area contributed by atoms with Gasteiger partial charge < -0.3 is 0 Å². The number of aromatic nitrogens is 3. The van der Waals surface area contributed by atoms with Crippen LogP contribution in [0.1, 0.15) is 0 Å². The molecule has 0 amide bonds. The van der Waals surface area contributed by atoms with Gasteiger partial charge in [-0.25, -0.2) is 15.0 Å². The Balaban J connectivity index is 1.18. The minimum atomic E-state index is 0.659. The molecule has 0 atom stereocenters. The van der Waals surface area contributed by atoms with Gasteiger partial charge in [-0.3, -0.25) is 0 Å². The fraction of sp³-hybridized carbons (Fsp3) is 0. The predicted octanol–water partition coefficient (Wildman–Crippen LogP) is 11.2. The summed E-state index contributed by atoms with van der Waals surface area (Å²) in [6.07, 6.45) is 0. The number of hydrogen-bond donors (Lipinski definition) is 0. The highest BCUT2D eigenvalue weighted by molar-refractivity contribution is 7.27. The maximum Gasteiger partial charge on any atom is 0.164 e. The molecular weight excluding hydrogens is 567 g/mol. The van der Waals surface area contributed by atoms with Crippen molar-refractivity contribution in [1.82, 2.24) is 15.0 Å². The first-order chi connectivity index (χ1) is 22.3. The molecule has 0 saturated heterocycles. The van der Waals surface area contributed by atoms with Gasteiger partial charge in [0.2, 0.25) is 0 Å². The molecule has 3 nitrogen and oxygen atoms in total. The summed E-state index contributed by atoms with van der Waals surface area (Å²) in [5.41, 5.74) is 5.28. The van der Waals surface area contributed by atoms with Crippen molar-refractivity contribution in [3.63, 3.8) is 0 Å². The van der Waals surface area contributed by atoms with E-state index in [-0.39, 0.29) is 0 Å². The molecule has 7 aromatic carbocycles. The zero-order chi connectivity index (χ0) is 29.7. The summed E-state index contributed by atoms with van der Waals surface area (Å²) < 4.78 is 2.64. The molecule has 0 bridgehead atoms. The Morgan fingerprint density at radius 3 is 1.60 bits per heavy atom. The molecule has 4 heteroatoms. The predicted molar refractivity (Wildman–Crippen MR) is 189 cm³/mol. The summed E-state index contributed by atoms with van der Waals surface area (Å²) in [5.74, 6) is 1.99. The van der Waals surface area contributed by atoms with Crippen LogP contribution in [-0.2, 0) is 0 Å². The summed E-state index contributed by atoms with van der Waals surface area (Å²) in [4.78, 5) is 14.7. The first-order valence-corrected chi connectivity index (χ1v) is 15.9. The van der Waals surface area contributed by atoms with Crippen molar-refractivity contribution in [2.45, 2.75) is 0 Å². The highest BCUT2D eigenvalue weighted by Crippen LogP contribution is 2.44. The normalized spacial score (nSPS) is 11.6. The van der Waals surface area contributed by atoms with E-state index in [0.717, 1.165) is 16.7 Å². The third-order valence-electron chi connectivity index (χ3n) is 8.52. The zero-order valence-electron chi connectivity index (χ0n) is 24.2. The minimum Gasteiger partial charge on any atom is -0.208 e. The molecule has 210 valence electrons. The lowest BCUT2D eigenvalue weighted by atomic mass is 9.96. The molecule has 9 rings (SSSR count). The Bertz CT molecular complexity index is 2460. The molecule has 0 radical (unpaired) electrons. The van der Waals surface area contributed by atoms with Gasteiger partial charge in [0.25, 0.3) is 0 Å². The maximum atomic E-state index is 4.92. The monoisotopic (exact) mass is 591 g/mol. The van der Waals surface area contributed by atoms with Gasteiger partial charge >= 0.3 is 0 Å². The molecule has 0 saturated carbocycles. The zero-order valence-corrected chi connectivity index (χ0v) is 25.0. The number of benzene rings is 7. The van der Waals surface area contributed by atoms with E-state index in [9.17, 15) is 0 Å². The lowest BCUT2D eigenvalue weighted by Gasteiger charge is -2.10. The molecule has 0 fully saturated rings. The first-order valence-electron chi connectivity index (χ1n) is 15.0. The van der Waals surface area contributed by atoms with Gasteiger partial charge in [0.05, 0.1) is 0 Å². The standard InChI is InChI=1S/C41H25N3S/c1-3-11-29(12-4-1)39-42-40(30-13-5-2-6-14-30)44-41(43-39)31-22-19-27(20-23-31)33-16-9-17-35-37(33)34-25-24-28-21-18-26-10-7-8-15-32(26)36(28)38(34)45-35/h1-25H. The molecule has 0 aliphatic heterocycles. The molecule has 0 unspecified atom stereocenters. The summed E-state index contributed by atoms with van der Waals surface area (Å²) >= 11 is 1.89. The molecule has 0 spiro atoms. The second-order valence-corrected chi connectivity index (χ2v) is 12.3. The van der Waals surface area contributed by atoms with Crippen molar-refractivity contribution < 1.29 is 0 Å². The smallest absolute Gasteiger partial charge is 0.164 e. The average Bonchev–Trinajstić information content (AvgIpc) is 3.51. The second-order valence-electron chi connectivity index (χ2n) is 11.2. The van der Waals surface area contributed by atoms with E-state index in [1.165, 1.54) is 52.8 Å². The first kappa shape index (κ1) is 25.8. The number of fused-ring (bicyclic) bond motifs is 7. The molecule has 0 aliphatic carbocycles. The van der Waals surface area contributed by atoms with E-state index >= 15 is 0 Å². The number of rotatable bonds is 4. The van der Waals surface area contributed by atoms with Gasteiger partial charge in [0, 0.05) is 42.2 Å². The second kappa shape index (κ2) is 10.5. The van der Waals surface area contributed by atoms with Gasteiger partial charge in [-0.05, 0) is 33.4 Å². The number of nitrogens with zero attached hydrogens (tertiary/aromatic N) is 3. The van der Waals surface area contributed by atoms with E-state index in [2.05, 4.69) is 91.0 Å². The Morgan fingerprint density at radius 2 is 0.911 bits per heavy atom. The maximum absolute atomic E-state index is 4.92. The summed E-state index contributed by atoms with van der Waals surface area (Å²) in [5, 5.41) is 7.80. The summed E-state index contributed by atoms with van der Waals surface area (Å²) in [6.45, 7) is 0. The van der Waals surface area contributed by atoms with Crippen LogP contribution < -0.4 is 0 Å². The summed E-state index contributed by atoms with van der Waals surface area (Å²) in [7, 11) is 0. The average molecular weight is 592 g/mol. The van der Waals surface area contributed by atoms with Crippen LogP contribution in [0, 0.1) is 0 Å². The lowest BCUT2D eigenvalue weighted by molar-refractivity contribution is 1.07. The van der Waals surface area contributed by atoms with Crippen LogP contribution in [0.2, 0.25) is 0 Å². The SMILES string of the molecule is c1ccc(-c2nc(-c3ccccc3)nc(-c3ccc(-c4cccc5sc6c(ccc7ccc8ccccc8c76)c45)cc3)n2)cc1. The van der Waals surface area contributed by atoms with Gasteiger partial charge in [-0.15, -0.1) is 11.3 Å². The van der Waals surface area contributed by atoms with Gasteiger partial charge in [-0.2, -0.15) is 0 Å². The third kappa shape index (κ3) is 4.38. The van der Waals surface area contributed by atoms with Crippen molar-refractivity contribution in [2.24, 2.45) is 0 Å². The van der Waals surface area contributed by atoms with Crippen LogP contribution in [0.5, 0.6) is 0 Å². The number of thiophene rings is 1.